The van der Waals surface area contributed by atoms with E-state index in [4.69, 9.17) is 23.2 Å². The lowest BCUT2D eigenvalue weighted by atomic mass is 10.1. The number of benzene rings is 4. The van der Waals surface area contributed by atoms with Crippen molar-refractivity contribution in [3.8, 4) is 0 Å². The molecule has 208 valence electrons. The van der Waals surface area contributed by atoms with Crippen LogP contribution in [0.4, 0.5) is 17.1 Å². The van der Waals surface area contributed by atoms with Gasteiger partial charge in [-0.15, -0.1) is 0 Å². The van der Waals surface area contributed by atoms with Gasteiger partial charge in [-0.2, -0.15) is 0 Å². The molecule has 0 saturated heterocycles. The molecule has 0 fully saturated rings. The molecule has 0 spiro atoms. The van der Waals surface area contributed by atoms with Crippen LogP contribution in [0.3, 0.4) is 0 Å². The van der Waals surface area contributed by atoms with Crippen molar-refractivity contribution >= 4 is 66.2 Å². The second-order valence-corrected chi connectivity index (χ2v) is 13.3. The van der Waals surface area contributed by atoms with Gasteiger partial charge in [-0.3, -0.25) is 14.2 Å². The molecule has 1 amide bonds. The highest BCUT2D eigenvalue weighted by Crippen LogP contribution is 2.27. The van der Waals surface area contributed by atoms with E-state index in [2.05, 4.69) is 14.8 Å². The summed E-state index contributed by atoms with van der Waals surface area (Å²) in [6.45, 7) is 5.50. The van der Waals surface area contributed by atoms with Crippen LogP contribution in [0.5, 0.6) is 0 Å². The van der Waals surface area contributed by atoms with Crippen molar-refractivity contribution < 1.29 is 21.6 Å². The Balaban J connectivity index is 1.50. The Morgan fingerprint density at radius 3 is 1.85 bits per heavy atom. The van der Waals surface area contributed by atoms with E-state index in [1.165, 1.54) is 48.5 Å². The molecule has 0 bridgehead atoms. The van der Waals surface area contributed by atoms with Gasteiger partial charge in [0.05, 0.1) is 15.6 Å². The number of hydrogen-bond donors (Lipinski definition) is 3. The zero-order chi connectivity index (χ0) is 29.2. The Labute approximate surface area is 243 Å². The molecule has 3 N–H and O–H groups in total. The Morgan fingerprint density at radius 1 is 0.625 bits per heavy atom. The summed E-state index contributed by atoms with van der Waals surface area (Å²) in [5.41, 5.74) is 3.60. The number of carbonyl (C=O) groups is 1. The average Bonchev–Trinajstić information content (AvgIpc) is 2.85. The summed E-state index contributed by atoms with van der Waals surface area (Å²) in [6.07, 6.45) is 0. The average molecular weight is 619 g/mol. The van der Waals surface area contributed by atoms with Gasteiger partial charge in [0.1, 0.15) is 4.90 Å². The van der Waals surface area contributed by atoms with Crippen molar-refractivity contribution in [1.29, 1.82) is 0 Å². The van der Waals surface area contributed by atoms with Gasteiger partial charge in [0, 0.05) is 22.0 Å². The summed E-state index contributed by atoms with van der Waals surface area (Å²) in [5, 5.41) is 3.01. The fourth-order valence-electron chi connectivity index (χ4n) is 3.89. The highest BCUT2D eigenvalue weighted by molar-refractivity contribution is 7.93. The summed E-state index contributed by atoms with van der Waals surface area (Å²) in [7, 11) is -8.01. The van der Waals surface area contributed by atoms with Crippen molar-refractivity contribution in [3.05, 3.63) is 111 Å². The zero-order valence-electron chi connectivity index (χ0n) is 21.6. The van der Waals surface area contributed by atoms with Crippen LogP contribution >= 0.6 is 23.2 Å². The molecule has 4 aromatic rings. The highest BCUT2D eigenvalue weighted by Gasteiger charge is 2.21. The first-order chi connectivity index (χ1) is 18.7. The fraction of sp³-hybridized carbons (Fsp3) is 0.107. The molecule has 4 aromatic carbocycles. The first-order valence-corrected chi connectivity index (χ1v) is 15.6. The highest BCUT2D eigenvalue weighted by atomic mass is 35.5. The second kappa shape index (κ2) is 11.5. The largest absolute Gasteiger partial charge is 0.322 e. The number of sulfonamides is 2. The molecule has 4 rings (SSSR count). The third kappa shape index (κ3) is 6.95. The molecular weight excluding hydrogens is 593 g/mol. The molecule has 0 aliphatic carbocycles. The predicted molar refractivity (Wildman–Crippen MR) is 160 cm³/mol. The molecule has 0 atom stereocenters. The molecular formula is C28H25Cl2N3O5S2. The Bertz CT molecular complexity index is 1810. The molecule has 0 aliphatic rings. The standard InChI is InChI=1S/C28H25Cl2N3O5S2/c1-17-12-18(2)14-23(13-17)33-40(37,38)27-15-20(5-11-25(27)29)28(34)31-21-7-9-24(10-8-21)39(35,36)32-22-6-4-19(3)26(30)16-22/h4-16,32-33H,1-3H3,(H,31,34). The minimum atomic E-state index is -4.10. The normalized spacial score (nSPS) is 11.6. The smallest absolute Gasteiger partial charge is 0.263 e. The molecule has 8 nitrogen and oxygen atoms in total. The number of anilines is 3. The maximum atomic E-state index is 13.1. The third-order valence-electron chi connectivity index (χ3n) is 5.80. The van der Waals surface area contributed by atoms with Crippen molar-refractivity contribution in [3.63, 3.8) is 0 Å². The van der Waals surface area contributed by atoms with Crippen LogP contribution in [-0.2, 0) is 20.0 Å². The van der Waals surface area contributed by atoms with Gasteiger partial charge in [0.15, 0.2) is 0 Å². The first-order valence-electron chi connectivity index (χ1n) is 11.8. The molecule has 12 heteroatoms. The minimum absolute atomic E-state index is 0.0282. The number of halogens is 2. The Kier molecular flexibility index (Phi) is 8.46. The van der Waals surface area contributed by atoms with Gasteiger partial charge in [0.25, 0.3) is 26.0 Å². The predicted octanol–water partition coefficient (Wildman–Crippen LogP) is 6.77. The van der Waals surface area contributed by atoms with Crippen molar-refractivity contribution in [2.24, 2.45) is 0 Å². The second-order valence-electron chi connectivity index (χ2n) is 9.18. The van der Waals surface area contributed by atoms with Crippen LogP contribution in [0.15, 0.2) is 88.7 Å². The SMILES string of the molecule is Cc1cc(C)cc(NS(=O)(=O)c2cc(C(=O)Nc3ccc(S(=O)(=O)Nc4ccc(C)c(Cl)c4)cc3)ccc2Cl)c1. The third-order valence-corrected chi connectivity index (χ3v) is 9.47. The molecule has 0 saturated carbocycles. The maximum absolute atomic E-state index is 13.1. The van der Waals surface area contributed by atoms with E-state index in [0.29, 0.717) is 22.1 Å². The van der Waals surface area contributed by atoms with Crippen LogP contribution in [-0.4, -0.2) is 22.7 Å². The summed E-state index contributed by atoms with van der Waals surface area (Å²) in [5.74, 6) is -0.609. The lowest BCUT2D eigenvalue weighted by molar-refractivity contribution is 0.102. The van der Waals surface area contributed by atoms with Crippen LogP contribution < -0.4 is 14.8 Å². The number of nitrogens with one attached hydrogen (secondary N) is 3. The van der Waals surface area contributed by atoms with E-state index in [0.717, 1.165) is 16.7 Å². The van der Waals surface area contributed by atoms with E-state index < -0.39 is 26.0 Å². The van der Waals surface area contributed by atoms with Gasteiger partial charge in [0.2, 0.25) is 0 Å². The van der Waals surface area contributed by atoms with E-state index in [1.807, 2.05) is 19.9 Å². The van der Waals surface area contributed by atoms with Crippen LogP contribution in [0.25, 0.3) is 0 Å². The minimum Gasteiger partial charge on any atom is -0.322 e. The molecule has 0 radical (unpaired) electrons. The van der Waals surface area contributed by atoms with Gasteiger partial charge >= 0.3 is 0 Å². The Hall–Kier alpha value is -3.57. The van der Waals surface area contributed by atoms with E-state index in [-0.39, 0.29) is 20.4 Å². The van der Waals surface area contributed by atoms with E-state index >= 15 is 0 Å². The molecule has 40 heavy (non-hydrogen) atoms. The van der Waals surface area contributed by atoms with E-state index in [9.17, 15) is 21.6 Å². The summed E-state index contributed by atoms with van der Waals surface area (Å²) in [6, 6.07) is 19.5. The fourth-order valence-corrected chi connectivity index (χ4v) is 6.68. The molecule has 0 heterocycles. The maximum Gasteiger partial charge on any atom is 0.263 e. The van der Waals surface area contributed by atoms with Gasteiger partial charge in [-0.1, -0.05) is 35.3 Å². The van der Waals surface area contributed by atoms with Gasteiger partial charge in [-0.05, 0) is 104 Å². The lowest BCUT2D eigenvalue weighted by Crippen LogP contribution is -2.17. The quantitative estimate of drug-likeness (QED) is 0.201. The van der Waals surface area contributed by atoms with Crippen molar-refractivity contribution in [2.45, 2.75) is 30.6 Å². The van der Waals surface area contributed by atoms with Crippen LogP contribution in [0.1, 0.15) is 27.0 Å². The topological polar surface area (TPSA) is 121 Å². The summed E-state index contributed by atoms with van der Waals surface area (Å²) in [4.78, 5) is 12.6. The number of carbonyl (C=O) groups excluding carboxylic acids is 1. The van der Waals surface area contributed by atoms with Crippen molar-refractivity contribution in [2.75, 3.05) is 14.8 Å². The monoisotopic (exact) mass is 617 g/mol. The van der Waals surface area contributed by atoms with Gasteiger partial charge < -0.3 is 5.32 Å². The zero-order valence-corrected chi connectivity index (χ0v) is 24.8. The van der Waals surface area contributed by atoms with Crippen molar-refractivity contribution in [1.82, 2.24) is 0 Å². The number of amides is 1. The van der Waals surface area contributed by atoms with Crippen LogP contribution in [0, 0.1) is 20.8 Å². The number of rotatable bonds is 8. The number of aryl methyl sites for hydroxylation is 3. The first kappa shape index (κ1) is 29.4. The molecule has 0 aromatic heterocycles. The summed E-state index contributed by atoms with van der Waals surface area (Å²) >= 11 is 12.3. The number of hydrogen-bond acceptors (Lipinski definition) is 5. The van der Waals surface area contributed by atoms with E-state index in [1.54, 1.807) is 31.2 Å². The lowest BCUT2D eigenvalue weighted by Gasteiger charge is -2.13. The molecule has 0 unspecified atom stereocenters. The van der Waals surface area contributed by atoms with Crippen LogP contribution in [0.2, 0.25) is 10.0 Å². The molecule has 0 aliphatic heterocycles. The summed E-state index contributed by atoms with van der Waals surface area (Å²) < 4.78 is 56.7. The van der Waals surface area contributed by atoms with Gasteiger partial charge in [-0.25, -0.2) is 16.8 Å². The Morgan fingerprint density at radius 2 is 1.23 bits per heavy atom.